The van der Waals surface area contributed by atoms with Crippen molar-refractivity contribution in [2.75, 3.05) is 0 Å². The van der Waals surface area contributed by atoms with Crippen LogP contribution in [0.1, 0.15) is 12.5 Å². The average Bonchev–Trinajstić information content (AvgIpc) is 2.75. The predicted molar refractivity (Wildman–Crippen MR) is 76.3 cm³/mol. The second kappa shape index (κ2) is 4.61. The molecule has 1 aromatic rings. The van der Waals surface area contributed by atoms with Gasteiger partial charge < -0.3 is 4.84 Å². The number of aliphatic imine (C=N–C) groups is 1. The minimum atomic E-state index is -0.462. The van der Waals surface area contributed by atoms with E-state index in [1.165, 1.54) is 5.06 Å². The van der Waals surface area contributed by atoms with Gasteiger partial charge in [-0.3, -0.25) is 10.2 Å². The van der Waals surface area contributed by atoms with Crippen LogP contribution in [0.4, 0.5) is 0 Å². The first-order valence-corrected chi connectivity index (χ1v) is 6.28. The Morgan fingerprint density at radius 3 is 3.00 bits per heavy atom. The number of carbonyl (C=O) groups excluding carboxylic acids is 1. The second-order valence-corrected chi connectivity index (χ2v) is 4.81. The molecule has 0 radical (unpaired) electrons. The fraction of sp³-hybridized carbons (Fsp3) is 0.0714. The third-order valence-electron chi connectivity index (χ3n) is 2.84. The van der Waals surface area contributed by atoms with Gasteiger partial charge in [-0.1, -0.05) is 23.7 Å². The first-order valence-electron chi connectivity index (χ1n) is 5.90. The maximum absolute atomic E-state index is 12.0. The molecule has 0 aliphatic carbocycles. The average molecular weight is 288 g/mol. The summed E-state index contributed by atoms with van der Waals surface area (Å²) in [5, 5.41) is 9.85. The third-order valence-corrected chi connectivity index (χ3v) is 3.08. The number of amidine groups is 2. The third kappa shape index (κ3) is 2.12. The van der Waals surface area contributed by atoms with Crippen molar-refractivity contribution in [1.82, 2.24) is 5.06 Å². The van der Waals surface area contributed by atoms with Crippen LogP contribution in [0.5, 0.6) is 0 Å². The van der Waals surface area contributed by atoms with Crippen molar-refractivity contribution >= 4 is 35.3 Å². The number of nitrogens with zero attached hydrogens (tertiary/aromatic N) is 2. The van der Waals surface area contributed by atoms with E-state index >= 15 is 0 Å². The molecule has 0 atom stereocenters. The molecular weight excluding hydrogens is 278 g/mol. The number of hydroxylamine groups is 2. The van der Waals surface area contributed by atoms with Crippen LogP contribution >= 0.6 is 11.6 Å². The molecule has 2 aliphatic heterocycles. The van der Waals surface area contributed by atoms with Crippen molar-refractivity contribution in [3.63, 3.8) is 0 Å². The SMILES string of the molecule is CC1=CC2=NC(=O)/C(=C/c3cccc(Cl)c3)C(=N)N2O1. The van der Waals surface area contributed by atoms with E-state index in [0.717, 1.165) is 5.56 Å². The number of carbonyl (C=O) groups is 1. The summed E-state index contributed by atoms with van der Waals surface area (Å²) in [6, 6.07) is 7.03. The van der Waals surface area contributed by atoms with E-state index in [1.54, 1.807) is 43.3 Å². The Hall–Kier alpha value is -2.40. The van der Waals surface area contributed by atoms with Crippen LogP contribution < -0.4 is 0 Å². The number of rotatable bonds is 1. The van der Waals surface area contributed by atoms with Gasteiger partial charge in [0.1, 0.15) is 5.76 Å². The van der Waals surface area contributed by atoms with Crippen molar-refractivity contribution in [2.24, 2.45) is 4.99 Å². The maximum atomic E-state index is 12.0. The number of benzene rings is 1. The molecule has 0 saturated carbocycles. The Morgan fingerprint density at radius 2 is 2.25 bits per heavy atom. The summed E-state index contributed by atoms with van der Waals surface area (Å²) >= 11 is 5.90. The summed E-state index contributed by atoms with van der Waals surface area (Å²) in [5.74, 6) is 0.426. The van der Waals surface area contributed by atoms with Crippen LogP contribution in [0.25, 0.3) is 6.08 Å². The lowest BCUT2D eigenvalue weighted by Gasteiger charge is -2.22. The lowest BCUT2D eigenvalue weighted by atomic mass is 10.1. The Morgan fingerprint density at radius 1 is 1.45 bits per heavy atom. The number of fused-ring (bicyclic) bond motifs is 1. The monoisotopic (exact) mass is 287 g/mol. The first-order chi connectivity index (χ1) is 9.54. The van der Waals surface area contributed by atoms with Gasteiger partial charge in [-0.25, -0.2) is 0 Å². The van der Waals surface area contributed by atoms with Gasteiger partial charge in [0, 0.05) is 11.1 Å². The van der Waals surface area contributed by atoms with Gasteiger partial charge in [-0.05, 0) is 30.7 Å². The number of hydrogen-bond acceptors (Lipinski definition) is 3. The van der Waals surface area contributed by atoms with Crippen LogP contribution in [0.2, 0.25) is 5.02 Å². The molecule has 100 valence electrons. The fourth-order valence-corrected chi connectivity index (χ4v) is 2.16. The van der Waals surface area contributed by atoms with Gasteiger partial charge in [0.25, 0.3) is 5.91 Å². The molecule has 1 amide bonds. The van der Waals surface area contributed by atoms with E-state index in [9.17, 15) is 4.79 Å². The van der Waals surface area contributed by atoms with E-state index in [1.807, 2.05) is 0 Å². The molecule has 3 rings (SSSR count). The minimum absolute atomic E-state index is 0.0342. The number of nitrogens with one attached hydrogen (secondary N) is 1. The summed E-state index contributed by atoms with van der Waals surface area (Å²) in [6.45, 7) is 1.74. The van der Waals surface area contributed by atoms with E-state index in [-0.39, 0.29) is 11.4 Å². The minimum Gasteiger partial charge on any atom is -0.376 e. The number of halogens is 1. The highest BCUT2D eigenvalue weighted by molar-refractivity contribution is 6.33. The summed E-state index contributed by atoms with van der Waals surface area (Å²) in [5.41, 5.74) is 0.896. The van der Waals surface area contributed by atoms with E-state index in [0.29, 0.717) is 16.6 Å². The summed E-state index contributed by atoms with van der Waals surface area (Å²) in [7, 11) is 0. The Labute approximate surface area is 120 Å². The van der Waals surface area contributed by atoms with Crippen molar-refractivity contribution in [3.8, 4) is 0 Å². The van der Waals surface area contributed by atoms with Gasteiger partial charge in [-0.2, -0.15) is 4.99 Å². The van der Waals surface area contributed by atoms with Crippen molar-refractivity contribution in [1.29, 1.82) is 5.41 Å². The summed E-state index contributed by atoms with van der Waals surface area (Å²) < 4.78 is 0. The molecule has 1 N–H and O–H groups in total. The maximum Gasteiger partial charge on any atom is 0.282 e. The van der Waals surface area contributed by atoms with E-state index in [4.69, 9.17) is 21.8 Å². The van der Waals surface area contributed by atoms with Crippen LogP contribution in [0.15, 0.2) is 46.7 Å². The Balaban J connectivity index is 2.00. The topological polar surface area (TPSA) is 65.8 Å². The number of allylic oxidation sites excluding steroid dienone is 1. The lowest BCUT2D eigenvalue weighted by Crippen LogP contribution is -2.38. The molecule has 0 bridgehead atoms. The number of hydrogen-bond donors (Lipinski definition) is 1. The standard InChI is InChI=1S/C14H10ClN3O2/c1-8-5-12-17-14(19)11(13(16)18(12)20-8)7-9-3-2-4-10(15)6-9/h2-7,16H,1H3/b11-7+,16-13?. The van der Waals surface area contributed by atoms with Crippen LogP contribution in [-0.2, 0) is 9.63 Å². The lowest BCUT2D eigenvalue weighted by molar-refractivity contribution is -0.114. The normalized spacial score (nSPS) is 19.7. The highest BCUT2D eigenvalue weighted by Crippen LogP contribution is 2.24. The highest BCUT2D eigenvalue weighted by atomic mass is 35.5. The van der Waals surface area contributed by atoms with Gasteiger partial charge in [0.05, 0.1) is 5.57 Å². The number of amides is 1. The van der Waals surface area contributed by atoms with Crippen LogP contribution in [0, 0.1) is 5.41 Å². The van der Waals surface area contributed by atoms with Gasteiger partial charge in [0.2, 0.25) is 0 Å². The van der Waals surface area contributed by atoms with Gasteiger partial charge in [-0.15, -0.1) is 5.06 Å². The molecule has 6 heteroatoms. The highest BCUT2D eigenvalue weighted by Gasteiger charge is 2.34. The molecular formula is C14H10ClN3O2. The van der Waals surface area contributed by atoms with Crippen molar-refractivity contribution in [3.05, 3.63) is 52.3 Å². The van der Waals surface area contributed by atoms with Crippen molar-refractivity contribution < 1.29 is 9.63 Å². The molecule has 0 spiro atoms. The van der Waals surface area contributed by atoms with E-state index < -0.39 is 5.91 Å². The smallest absolute Gasteiger partial charge is 0.282 e. The van der Waals surface area contributed by atoms with Crippen LogP contribution in [-0.4, -0.2) is 22.6 Å². The molecule has 5 nitrogen and oxygen atoms in total. The quantitative estimate of drug-likeness (QED) is 0.808. The molecule has 1 aromatic carbocycles. The molecule has 20 heavy (non-hydrogen) atoms. The predicted octanol–water partition coefficient (Wildman–Crippen LogP) is 2.79. The molecule has 0 aromatic heterocycles. The first kappa shape index (κ1) is 12.6. The zero-order valence-corrected chi connectivity index (χ0v) is 11.3. The summed E-state index contributed by atoms with van der Waals surface area (Å²) in [6.07, 6.45) is 3.19. The molecule has 2 aliphatic rings. The summed E-state index contributed by atoms with van der Waals surface area (Å²) in [4.78, 5) is 21.2. The zero-order chi connectivity index (χ0) is 14.3. The Bertz CT molecular complexity index is 719. The van der Waals surface area contributed by atoms with E-state index in [2.05, 4.69) is 4.99 Å². The molecule has 0 unspecified atom stereocenters. The van der Waals surface area contributed by atoms with Gasteiger partial charge in [0.15, 0.2) is 11.7 Å². The van der Waals surface area contributed by atoms with Crippen molar-refractivity contribution in [2.45, 2.75) is 6.92 Å². The molecule has 2 heterocycles. The second-order valence-electron chi connectivity index (χ2n) is 4.38. The van der Waals surface area contributed by atoms with Crippen LogP contribution in [0.3, 0.4) is 0 Å². The van der Waals surface area contributed by atoms with Gasteiger partial charge >= 0.3 is 0 Å². The fourth-order valence-electron chi connectivity index (χ4n) is 1.96. The molecule has 0 fully saturated rings. The molecule has 0 saturated heterocycles. The Kier molecular flexibility index (Phi) is 2.91. The largest absolute Gasteiger partial charge is 0.376 e. The zero-order valence-electron chi connectivity index (χ0n) is 10.6.